The number of rotatable bonds is 5. The summed E-state index contributed by atoms with van der Waals surface area (Å²) in [5.41, 5.74) is 1.58. The number of hydrogen-bond donors (Lipinski definition) is 6. The molecule has 6 N–H and O–H groups in total. The molecule has 0 saturated carbocycles. The SMILES string of the molecule is O=C1CC[C@H](NC(=O)Cc2cccc3ccccc23)C(=O)NCC(=O)N[C@H](Cc2ccccc2)C(=O)NCC(=O)NCCCCN1. The molecule has 46 heavy (non-hydrogen) atoms. The maximum atomic E-state index is 13.3. The number of hydrogen-bond acceptors (Lipinski definition) is 6. The third-order valence-electron chi connectivity index (χ3n) is 7.57. The van der Waals surface area contributed by atoms with Crippen LogP contribution in [0.5, 0.6) is 0 Å². The van der Waals surface area contributed by atoms with Crippen molar-refractivity contribution in [3.05, 3.63) is 83.9 Å². The third kappa shape index (κ3) is 10.7. The van der Waals surface area contributed by atoms with Crippen molar-refractivity contribution in [2.75, 3.05) is 26.2 Å². The normalized spacial score (nSPS) is 19.5. The Kier molecular flexibility index (Phi) is 12.6. The molecule has 1 heterocycles. The molecule has 1 aliphatic rings. The zero-order chi connectivity index (χ0) is 32.7. The summed E-state index contributed by atoms with van der Waals surface area (Å²) >= 11 is 0. The molecule has 12 nitrogen and oxygen atoms in total. The van der Waals surface area contributed by atoms with Crippen molar-refractivity contribution in [2.45, 2.75) is 50.6 Å². The highest BCUT2D eigenvalue weighted by Crippen LogP contribution is 2.19. The fraction of sp³-hybridized carbons (Fsp3) is 0.353. The second-order valence-electron chi connectivity index (χ2n) is 11.1. The molecule has 1 aliphatic heterocycles. The fourth-order valence-corrected chi connectivity index (χ4v) is 5.15. The monoisotopic (exact) mass is 628 g/mol. The average Bonchev–Trinajstić information content (AvgIpc) is 3.06. The van der Waals surface area contributed by atoms with Gasteiger partial charge < -0.3 is 31.9 Å². The number of carbonyl (C=O) groups excluding carboxylic acids is 6. The molecule has 0 spiro atoms. The number of carbonyl (C=O) groups is 6. The molecule has 1 saturated heterocycles. The Hall–Kier alpha value is -5.26. The number of nitrogens with one attached hydrogen (secondary N) is 6. The molecule has 4 rings (SSSR count). The van der Waals surface area contributed by atoms with E-state index in [9.17, 15) is 28.8 Å². The van der Waals surface area contributed by atoms with Gasteiger partial charge in [-0.15, -0.1) is 0 Å². The maximum absolute atomic E-state index is 13.3. The van der Waals surface area contributed by atoms with Crippen molar-refractivity contribution in [2.24, 2.45) is 0 Å². The lowest BCUT2D eigenvalue weighted by Gasteiger charge is -2.21. The minimum Gasteiger partial charge on any atom is -0.356 e. The quantitative estimate of drug-likeness (QED) is 0.242. The third-order valence-corrected chi connectivity index (χ3v) is 7.57. The molecule has 3 aromatic carbocycles. The first-order chi connectivity index (χ1) is 22.3. The van der Waals surface area contributed by atoms with Crippen molar-refractivity contribution in [3.63, 3.8) is 0 Å². The Balaban J connectivity index is 1.45. The van der Waals surface area contributed by atoms with Gasteiger partial charge in [-0.25, -0.2) is 0 Å². The van der Waals surface area contributed by atoms with Gasteiger partial charge in [0, 0.05) is 25.9 Å². The molecule has 0 aliphatic carbocycles. The summed E-state index contributed by atoms with van der Waals surface area (Å²) in [5.74, 6) is -2.89. The van der Waals surface area contributed by atoms with E-state index in [0.717, 1.165) is 21.9 Å². The molecule has 1 fully saturated rings. The lowest BCUT2D eigenvalue weighted by molar-refractivity contribution is -0.132. The van der Waals surface area contributed by atoms with Gasteiger partial charge in [-0.2, -0.15) is 0 Å². The number of fused-ring (bicyclic) bond motifs is 1. The van der Waals surface area contributed by atoms with E-state index in [0.29, 0.717) is 25.9 Å². The Morgan fingerprint density at radius 1 is 0.696 bits per heavy atom. The molecular weight excluding hydrogens is 588 g/mol. The summed E-state index contributed by atoms with van der Waals surface area (Å²) in [5, 5.41) is 17.9. The maximum Gasteiger partial charge on any atom is 0.243 e. The zero-order valence-electron chi connectivity index (χ0n) is 25.6. The predicted octanol–water partition coefficient (Wildman–Crippen LogP) is 0.633. The molecule has 12 heteroatoms. The minimum absolute atomic E-state index is 0.00958. The first kappa shape index (κ1) is 33.6. The highest BCUT2D eigenvalue weighted by atomic mass is 16.2. The van der Waals surface area contributed by atoms with E-state index in [-0.39, 0.29) is 44.0 Å². The first-order valence-corrected chi connectivity index (χ1v) is 15.5. The molecule has 0 unspecified atom stereocenters. The molecule has 0 aromatic heterocycles. The lowest BCUT2D eigenvalue weighted by Crippen LogP contribution is -2.53. The summed E-state index contributed by atoms with van der Waals surface area (Å²) in [6.07, 6.45) is 1.36. The van der Waals surface area contributed by atoms with E-state index in [2.05, 4.69) is 31.9 Å². The lowest BCUT2D eigenvalue weighted by atomic mass is 10.0. The molecule has 6 amide bonds. The first-order valence-electron chi connectivity index (χ1n) is 15.5. The number of benzene rings is 3. The highest BCUT2D eigenvalue weighted by molar-refractivity contribution is 5.95. The molecule has 2 atom stereocenters. The van der Waals surface area contributed by atoms with Crippen LogP contribution < -0.4 is 31.9 Å². The Morgan fingerprint density at radius 2 is 1.35 bits per heavy atom. The fourth-order valence-electron chi connectivity index (χ4n) is 5.15. The Bertz CT molecular complexity index is 1540. The summed E-state index contributed by atoms with van der Waals surface area (Å²) in [6, 6.07) is 20.3. The minimum atomic E-state index is -1.08. The van der Waals surface area contributed by atoms with Crippen LogP contribution in [0.1, 0.15) is 36.8 Å². The van der Waals surface area contributed by atoms with Crippen LogP contribution in [0.2, 0.25) is 0 Å². The molecule has 0 bridgehead atoms. The molecule has 3 aromatic rings. The zero-order valence-corrected chi connectivity index (χ0v) is 25.6. The summed E-state index contributed by atoms with van der Waals surface area (Å²) in [6.45, 7) is -0.00971. The van der Waals surface area contributed by atoms with Gasteiger partial charge in [-0.05, 0) is 41.2 Å². The van der Waals surface area contributed by atoms with Crippen LogP contribution in [0.3, 0.4) is 0 Å². The van der Waals surface area contributed by atoms with Crippen molar-refractivity contribution in [1.82, 2.24) is 31.9 Å². The Morgan fingerprint density at radius 3 is 2.13 bits per heavy atom. The van der Waals surface area contributed by atoms with Gasteiger partial charge in [0.25, 0.3) is 0 Å². The van der Waals surface area contributed by atoms with Crippen LogP contribution in [0, 0.1) is 0 Å². The van der Waals surface area contributed by atoms with Crippen molar-refractivity contribution in [1.29, 1.82) is 0 Å². The van der Waals surface area contributed by atoms with Crippen LogP contribution >= 0.6 is 0 Å². The molecular formula is C34H40N6O6. The summed E-state index contributed by atoms with van der Waals surface area (Å²) in [4.78, 5) is 77.1. The van der Waals surface area contributed by atoms with Gasteiger partial charge in [0.2, 0.25) is 35.4 Å². The van der Waals surface area contributed by atoms with E-state index >= 15 is 0 Å². The van der Waals surface area contributed by atoms with Gasteiger partial charge in [0.1, 0.15) is 12.1 Å². The van der Waals surface area contributed by atoms with Crippen LogP contribution in [-0.2, 0) is 41.6 Å². The van der Waals surface area contributed by atoms with Gasteiger partial charge >= 0.3 is 0 Å². The topological polar surface area (TPSA) is 175 Å². The van der Waals surface area contributed by atoms with Crippen LogP contribution in [-0.4, -0.2) is 73.7 Å². The van der Waals surface area contributed by atoms with E-state index < -0.39 is 42.3 Å². The van der Waals surface area contributed by atoms with E-state index in [1.54, 1.807) is 0 Å². The smallest absolute Gasteiger partial charge is 0.243 e. The average molecular weight is 629 g/mol. The van der Waals surface area contributed by atoms with E-state index in [1.165, 1.54) is 0 Å². The van der Waals surface area contributed by atoms with Gasteiger partial charge in [0.15, 0.2) is 0 Å². The van der Waals surface area contributed by atoms with Crippen LogP contribution in [0.15, 0.2) is 72.8 Å². The second kappa shape index (κ2) is 17.3. The van der Waals surface area contributed by atoms with Gasteiger partial charge in [-0.3, -0.25) is 28.8 Å². The van der Waals surface area contributed by atoms with Crippen molar-refractivity contribution < 1.29 is 28.8 Å². The summed E-state index contributed by atoms with van der Waals surface area (Å²) < 4.78 is 0. The highest BCUT2D eigenvalue weighted by Gasteiger charge is 2.25. The predicted molar refractivity (Wildman–Crippen MR) is 172 cm³/mol. The van der Waals surface area contributed by atoms with Crippen molar-refractivity contribution >= 4 is 46.2 Å². The molecule has 0 radical (unpaired) electrons. The second-order valence-corrected chi connectivity index (χ2v) is 11.1. The van der Waals surface area contributed by atoms with Crippen LogP contribution in [0.25, 0.3) is 10.8 Å². The van der Waals surface area contributed by atoms with Gasteiger partial charge in [0.05, 0.1) is 19.5 Å². The Labute approximate surface area is 267 Å². The van der Waals surface area contributed by atoms with E-state index in [1.807, 2.05) is 72.8 Å². The largest absolute Gasteiger partial charge is 0.356 e. The van der Waals surface area contributed by atoms with Crippen LogP contribution in [0.4, 0.5) is 0 Å². The van der Waals surface area contributed by atoms with Gasteiger partial charge in [-0.1, -0.05) is 72.8 Å². The van der Waals surface area contributed by atoms with E-state index in [4.69, 9.17) is 0 Å². The molecule has 242 valence electrons. The van der Waals surface area contributed by atoms with Crippen molar-refractivity contribution in [3.8, 4) is 0 Å². The standard InChI is InChI=1S/C34H40N6O6/c41-29-16-15-27(39-30(42)20-25-13-8-12-24-11-4-5-14-26(24)25)33(45)38-22-32(44)40-28(19-23-9-2-1-3-10-23)34(46)37-21-31(43)36-18-7-6-17-35-29/h1-5,8-14,27-28H,6-7,15-22H2,(H,35,41)(H,36,43)(H,37,46)(H,38,45)(H,39,42)(H,40,44)/t27-,28+/m0/s1. The number of amides is 6. The summed E-state index contributed by atoms with van der Waals surface area (Å²) in [7, 11) is 0.